The molecule has 0 bridgehead atoms. The Bertz CT molecular complexity index is 316. The second kappa shape index (κ2) is 3.96. The molecule has 1 saturated heterocycles. The third-order valence-corrected chi connectivity index (χ3v) is 2.96. The van der Waals surface area contributed by atoms with Gasteiger partial charge in [0.05, 0.1) is 11.4 Å². The van der Waals surface area contributed by atoms with E-state index >= 15 is 0 Å². The van der Waals surface area contributed by atoms with E-state index in [0.717, 1.165) is 24.5 Å². The van der Waals surface area contributed by atoms with Crippen LogP contribution in [0.5, 0.6) is 0 Å². The molecule has 2 heterocycles. The summed E-state index contributed by atoms with van der Waals surface area (Å²) in [7, 11) is 0. The van der Waals surface area contributed by atoms with E-state index in [9.17, 15) is 0 Å². The van der Waals surface area contributed by atoms with Gasteiger partial charge in [0, 0.05) is 6.20 Å². The molecule has 0 amide bonds. The van der Waals surface area contributed by atoms with Crippen LogP contribution in [0.3, 0.4) is 0 Å². The van der Waals surface area contributed by atoms with Crippen LogP contribution in [-0.2, 0) is 0 Å². The molecular formula is C11H17N3. The summed E-state index contributed by atoms with van der Waals surface area (Å²) in [5.41, 5.74) is 8.90. The van der Waals surface area contributed by atoms with Crippen molar-refractivity contribution in [3.8, 4) is 0 Å². The van der Waals surface area contributed by atoms with Crippen molar-refractivity contribution >= 4 is 5.69 Å². The number of rotatable bonds is 1. The normalized spacial score (nSPS) is 18.4. The van der Waals surface area contributed by atoms with Gasteiger partial charge in [0.25, 0.3) is 0 Å². The van der Waals surface area contributed by atoms with Crippen LogP contribution in [-0.4, -0.2) is 18.1 Å². The Balaban J connectivity index is 2.18. The fourth-order valence-corrected chi connectivity index (χ4v) is 1.95. The van der Waals surface area contributed by atoms with E-state index in [2.05, 4.69) is 16.4 Å². The van der Waals surface area contributed by atoms with Crippen LogP contribution >= 0.6 is 0 Å². The SMILES string of the molecule is Cc1ncc(C2CCNCC2)cc1N. The van der Waals surface area contributed by atoms with Crippen LogP contribution in [0.15, 0.2) is 12.3 Å². The summed E-state index contributed by atoms with van der Waals surface area (Å²) in [6.45, 7) is 4.17. The first-order chi connectivity index (χ1) is 6.77. The molecule has 1 aromatic rings. The molecule has 0 radical (unpaired) electrons. The summed E-state index contributed by atoms with van der Waals surface area (Å²) in [5, 5.41) is 3.36. The highest BCUT2D eigenvalue weighted by Gasteiger charge is 2.15. The van der Waals surface area contributed by atoms with Gasteiger partial charge in [-0.15, -0.1) is 0 Å². The van der Waals surface area contributed by atoms with Gasteiger partial charge < -0.3 is 11.1 Å². The standard InChI is InChI=1S/C11H17N3/c1-8-11(12)6-10(7-14-8)9-2-4-13-5-3-9/h6-7,9,13H,2-5,12H2,1H3. The Hall–Kier alpha value is -1.09. The number of pyridine rings is 1. The maximum absolute atomic E-state index is 5.85. The lowest BCUT2D eigenvalue weighted by molar-refractivity contribution is 0.459. The summed E-state index contributed by atoms with van der Waals surface area (Å²) >= 11 is 0. The fourth-order valence-electron chi connectivity index (χ4n) is 1.95. The van der Waals surface area contributed by atoms with Gasteiger partial charge in [0.1, 0.15) is 0 Å². The van der Waals surface area contributed by atoms with E-state index in [1.54, 1.807) is 0 Å². The number of nitrogens with zero attached hydrogens (tertiary/aromatic N) is 1. The molecule has 0 saturated carbocycles. The van der Waals surface area contributed by atoms with Crippen LogP contribution in [0.2, 0.25) is 0 Å². The average molecular weight is 191 g/mol. The predicted molar refractivity (Wildman–Crippen MR) is 58.2 cm³/mol. The Morgan fingerprint density at radius 2 is 2.14 bits per heavy atom. The maximum Gasteiger partial charge on any atom is 0.0601 e. The van der Waals surface area contributed by atoms with Crippen LogP contribution in [0.4, 0.5) is 5.69 Å². The molecule has 0 aliphatic carbocycles. The molecule has 2 rings (SSSR count). The van der Waals surface area contributed by atoms with Gasteiger partial charge in [-0.05, 0) is 50.4 Å². The van der Waals surface area contributed by atoms with E-state index in [0.29, 0.717) is 5.92 Å². The first kappa shape index (κ1) is 9.46. The largest absolute Gasteiger partial charge is 0.397 e. The molecule has 3 heteroatoms. The van der Waals surface area contributed by atoms with Gasteiger partial charge >= 0.3 is 0 Å². The zero-order chi connectivity index (χ0) is 9.97. The van der Waals surface area contributed by atoms with Gasteiger partial charge in [-0.25, -0.2) is 0 Å². The molecule has 1 aliphatic rings. The van der Waals surface area contributed by atoms with Crippen molar-refractivity contribution in [2.24, 2.45) is 0 Å². The van der Waals surface area contributed by atoms with Crippen LogP contribution < -0.4 is 11.1 Å². The van der Waals surface area contributed by atoms with Crippen LogP contribution in [0.1, 0.15) is 30.0 Å². The van der Waals surface area contributed by atoms with Gasteiger partial charge in [0.2, 0.25) is 0 Å². The van der Waals surface area contributed by atoms with Gasteiger partial charge in [-0.3, -0.25) is 4.98 Å². The number of aryl methyl sites for hydroxylation is 1. The van der Waals surface area contributed by atoms with Crippen LogP contribution in [0.25, 0.3) is 0 Å². The minimum atomic E-state index is 0.645. The Kier molecular flexibility index (Phi) is 2.68. The van der Waals surface area contributed by atoms with E-state index in [1.807, 2.05) is 13.1 Å². The molecule has 0 aromatic carbocycles. The molecule has 1 aromatic heterocycles. The summed E-state index contributed by atoms with van der Waals surface area (Å²) in [5.74, 6) is 0.645. The summed E-state index contributed by atoms with van der Waals surface area (Å²) < 4.78 is 0. The second-order valence-corrected chi connectivity index (χ2v) is 3.97. The monoisotopic (exact) mass is 191 g/mol. The van der Waals surface area contributed by atoms with Gasteiger partial charge in [0.15, 0.2) is 0 Å². The van der Waals surface area contributed by atoms with Crippen LogP contribution in [0, 0.1) is 6.92 Å². The number of hydrogen-bond donors (Lipinski definition) is 2. The zero-order valence-electron chi connectivity index (χ0n) is 8.59. The molecule has 76 valence electrons. The molecule has 14 heavy (non-hydrogen) atoms. The number of piperidine rings is 1. The number of nitrogens with one attached hydrogen (secondary N) is 1. The third kappa shape index (κ3) is 1.87. The van der Waals surface area contributed by atoms with E-state index in [4.69, 9.17) is 5.73 Å². The number of aromatic nitrogens is 1. The summed E-state index contributed by atoms with van der Waals surface area (Å²) in [6, 6.07) is 2.08. The van der Waals surface area contributed by atoms with E-state index in [1.165, 1.54) is 18.4 Å². The molecule has 0 unspecified atom stereocenters. The molecule has 0 spiro atoms. The van der Waals surface area contributed by atoms with Crippen molar-refractivity contribution < 1.29 is 0 Å². The lowest BCUT2D eigenvalue weighted by Gasteiger charge is -2.23. The fraction of sp³-hybridized carbons (Fsp3) is 0.545. The van der Waals surface area contributed by atoms with Crippen molar-refractivity contribution in [3.63, 3.8) is 0 Å². The first-order valence-corrected chi connectivity index (χ1v) is 5.20. The lowest BCUT2D eigenvalue weighted by Crippen LogP contribution is -2.26. The van der Waals surface area contributed by atoms with Gasteiger partial charge in [-0.1, -0.05) is 0 Å². The molecule has 0 atom stereocenters. The average Bonchev–Trinajstić information content (AvgIpc) is 2.23. The van der Waals surface area contributed by atoms with Crippen molar-refractivity contribution in [3.05, 3.63) is 23.5 Å². The highest BCUT2D eigenvalue weighted by atomic mass is 14.9. The van der Waals surface area contributed by atoms with Crippen molar-refractivity contribution in [1.82, 2.24) is 10.3 Å². The number of nitrogens with two attached hydrogens (primary N) is 1. The van der Waals surface area contributed by atoms with E-state index in [-0.39, 0.29) is 0 Å². The summed E-state index contributed by atoms with van der Waals surface area (Å²) in [6.07, 6.45) is 4.37. The molecular weight excluding hydrogens is 174 g/mol. The van der Waals surface area contributed by atoms with E-state index < -0.39 is 0 Å². The zero-order valence-corrected chi connectivity index (χ0v) is 8.59. The third-order valence-electron chi connectivity index (χ3n) is 2.96. The summed E-state index contributed by atoms with van der Waals surface area (Å²) in [4.78, 5) is 4.31. The minimum absolute atomic E-state index is 0.645. The quantitative estimate of drug-likeness (QED) is 0.706. The molecule has 1 aliphatic heterocycles. The maximum atomic E-state index is 5.85. The molecule has 3 N–H and O–H groups in total. The van der Waals surface area contributed by atoms with Crippen molar-refractivity contribution in [2.45, 2.75) is 25.7 Å². The number of nitrogen functional groups attached to an aromatic ring is 1. The Morgan fingerprint density at radius 3 is 2.79 bits per heavy atom. The van der Waals surface area contributed by atoms with Crippen molar-refractivity contribution in [1.29, 1.82) is 0 Å². The highest BCUT2D eigenvalue weighted by Crippen LogP contribution is 2.26. The number of hydrogen-bond acceptors (Lipinski definition) is 3. The lowest BCUT2D eigenvalue weighted by atomic mass is 9.91. The predicted octanol–water partition coefficient (Wildman–Crippen LogP) is 1.44. The second-order valence-electron chi connectivity index (χ2n) is 3.97. The highest BCUT2D eigenvalue weighted by molar-refractivity contribution is 5.44. The Morgan fingerprint density at radius 1 is 1.43 bits per heavy atom. The smallest absolute Gasteiger partial charge is 0.0601 e. The van der Waals surface area contributed by atoms with Gasteiger partial charge in [-0.2, -0.15) is 0 Å². The van der Waals surface area contributed by atoms with Crippen molar-refractivity contribution in [2.75, 3.05) is 18.8 Å². The molecule has 1 fully saturated rings. The first-order valence-electron chi connectivity index (χ1n) is 5.20. The minimum Gasteiger partial charge on any atom is -0.397 e. The topological polar surface area (TPSA) is 50.9 Å². The Labute approximate surface area is 84.7 Å². The molecule has 3 nitrogen and oxygen atoms in total. The number of anilines is 1.